The molecular formula is C15H22N2O2S. The van der Waals surface area contributed by atoms with Crippen molar-refractivity contribution in [2.75, 3.05) is 6.61 Å². The molecule has 0 radical (unpaired) electrons. The van der Waals surface area contributed by atoms with Crippen LogP contribution in [0.3, 0.4) is 0 Å². The van der Waals surface area contributed by atoms with E-state index in [1.165, 1.54) is 4.88 Å². The number of nitrogens with one attached hydrogen (secondary N) is 1. The summed E-state index contributed by atoms with van der Waals surface area (Å²) >= 11 is 1.69. The molecule has 4 nitrogen and oxygen atoms in total. The van der Waals surface area contributed by atoms with Crippen LogP contribution in [0.5, 0.6) is 0 Å². The molecule has 0 aliphatic heterocycles. The molecule has 0 aliphatic rings. The van der Waals surface area contributed by atoms with E-state index in [-0.39, 0.29) is 0 Å². The first-order valence-corrected chi connectivity index (χ1v) is 7.81. The molecule has 2 aromatic rings. The summed E-state index contributed by atoms with van der Waals surface area (Å²) < 4.78 is 11.3. The number of aromatic nitrogens is 1. The minimum atomic E-state index is 0.461. The molecule has 20 heavy (non-hydrogen) atoms. The molecule has 0 amide bonds. The Hall–Kier alpha value is -1.17. The van der Waals surface area contributed by atoms with Gasteiger partial charge in [0, 0.05) is 17.3 Å². The predicted octanol–water partition coefficient (Wildman–Crippen LogP) is 3.30. The average Bonchev–Trinajstić information content (AvgIpc) is 3.02. The Bertz CT molecular complexity index is 519. The molecule has 1 N–H and O–H groups in total. The van der Waals surface area contributed by atoms with Crippen LogP contribution in [-0.2, 0) is 24.3 Å². The second kappa shape index (κ2) is 7.57. The number of rotatable bonds is 8. The summed E-state index contributed by atoms with van der Waals surface area (Å²) in [6.07, 6.45) is 0.916. The molecule has 110 valence electrons. The number of ether oxygens (including phenoxy) is 1. The quantitative estimate of drug-likeness (QED) is 0.759. The molecule has 0 saturated heterocycles. The van der Waals surface area contributed by atoms with Crippen LogP contribution in [0, 0.1) is 6.92 Å². The largest absolute Gasteiger partial charge is 0.462 e. The lowest BCUT2D eigenvalue weighted by Crippen LogP contribution is -2.21. The van der Waals surface area contributed by atoms with Crippen LogP contribution in [-0.4, -0.2) is 17.6 Å². The second-order valence-electron chi connectivity index (χ2n) is 5.07. The maximum atomic E-state index is 5.70. The highest BCUT2D eigenvalue weighted by Crippen LogP contribution is 2.13. The number of hydrogen-bond acceptors (Lipinski definition) is 5. The van der Waals surface area contributed by atoms with Crippen molar-refractivity contribution in [1.29, 1.82) is 0 Å². The van der Waals surface area contributed by atoms with Gasteiger partial charge in [-0.3, -0.25) is 0 Å². The second-order valence-corrected chi connectivity index (χ2v) is 6.01. The van der Waals surface area contributed by atoms with E-state index >= 15 is 0 Å². The zero-order valence-corrected chi connectivity index (χ0v) is 13.1. The van der Waals surface area contributed by atoms with Crippen molar-refractivity contribution in [3.8, 4) is 0 Å². The van der Waals surface area contributed by atoms with Crippen LogP contribution in [0.1, 0.15) is 35.9 Å². The van der Waals surface area contributed by atoms with E-state index in [4.69, 9.17) is 9.15 Å². The van der Waals surface area contributed by atoms with E-state index in [0.29, 0.717) is 19.3 Å². The minimum Gasteiger partial charge on any atom is -0.462 e. The fraction of sp³-hybridized carbons (Fsp3) is 0.533. The van der Waals surface area contributed by atoms with E-state index in [9.17, 15) is 0 Å². The lowest BCUT2D eigenvalue weighted by Gasteiger charge is -2.05. The molecule has 0 fully saturated rings. The summed E-state index contributed by atoms with van der Waals surface area (Å²) in [5, 5.41) is 3.33. The monoisotopic (exact) mass is 294 g/mol. The number of hydrogen-bond donors (Lipinski definition) is 1. The van der Waals surface area contributed by atoms with Crippen molar-refractivity contribution in [2.45, 2.75) is 46.4 Å². The molecule has 2 aromatic heterocycles. The molecule has 0 spiro atoms. The molecule has 0 unspecified atom stereocenters. The molecule has 0 saturated carbocycles. The standard InChI is InChI=1S/C15H22N2O2S/c1-11(2)16-8-13-4-5-14(19-13)9-18-7-6-15-12(3)17-10-20-15/h4-5,10-11,16H,6-9H2,1-3H3. The SMILES string of the molecule is Cc1ncsc1CCOCc1ccc(CNC(C)C)o1. The number of aryl methyl sites for hydroxylation is 1. The van der Waals surface area contributed by atoms with Crippen LogP contribution in [0.4, 0.5) is 0 Å². The van der Waals surface area contributed by atoms with Gasteiger partial charge in [0.05, 0.1) is 24.4 Å². The summed E-state index contributed by atoms with van der Waals surface area (Å²) in [7, 11) is 0. The molecule has 0 aromatic carbocycles. The van der Waals surface area contributed by atoms with Gasteiger partial charge in [-0.15, -0.1) is 11.3 Å². The van der Waals surface area contributed by atoms with Crippen LogP contribution < -0.4 is 5.32 Å². The third kappa shape index (κ3) is 4.74. The molecule has 0 bridgehead atoms. The Morgan fingerprint density at radius 2 is 2.15 bits per heavy atom. The summed E-state index contributed by atoms with van der Waals surface area (Å²) in [5.74, 6) is 1.84. The van der Waals surface area contributed by atoms with Gasteiger partial charge in [0.2, 0.25) is 0 Å². The highest BCUT2D eigenvalue weighted by atomic mass is 32.1. The van der Waals surface area contributed by atoms with E-state index in [2.05, 4.69) is 24.1 Å². The van der Waals surface area contributed by atoms with Crippen molar-refractivity contribution in [2.24, 2.45) is 0 Å². The van der Waals surface area contributed by atoms with Crippen molar-refractivity contribution in [3.05, 3.63) is 39.7 Å². The van der Waals surface area contributed by atoms with Crippen LogP contribution in [0.25, 0.3) is 0 Å². The fourth-order valence-electron chi connectivity index (χ4n) is 1.80. The molecule has 2 heterocycles. The third-order valence-corrected chi connectivity index (χ3v) is 3.96. The van der Waals surface area contributed by atoms with Crippen LogP contribution >= 0.6 is 11.3 Å². The Kier molecular flexibility index (Phi) is 5.76. The minimum absolute atomic E-state index is 0.461. The van der Waals surface area contributed by atoms with Crippen molar-refractivity contribution < 1.29 is 9.15 Å². The van der Waals surface area contributed by atoms with Gasteiger partial charge in [0.1, 0.15) is 18.1 Å². The van der Waals surface area contributed by atoms with Crippen LogP contribution in [0.2, 0.25) is 0 Å². The molecule has 0 aliphatic carbocycles. The van der Waals surface area contributed by atoms with Gasteiger partial charge < -0.3 is 14.5 Å². The first-order valence-electron chi connectivity index (χ1n) is 6.93. The van der Waals surface area contributed by atoms with Gasteiger partial charge >= 0.3 is 0 Å². The predicted molar refractivity (Wildman–Crippen MR) is 80.9 cm³/mol. The lowest BCUT2D eigenvalue weighted by molar-refractivity contribution is 0.108. The van der Waals surface area contributed by atoms with Gasteiger partial charge in [-0.2, -0.15) is 0 Å². The van der Waals surface area contributed by atoms with Crippen LogP contribution in [0.15, 0.2) is 22.1 Å². The van der Waals surface area contributed by atoms with E-state index in [0.717, 1.165) is 30.2 Å². The number of nitrogens with zero attached hydrogens (tertiary/aromatic N) is 1. The topological polar surface area (TPSA) is 47.3 Å². The smallest absolute Gasteiger partial charge is 0.129 e. The summed E-state index contributed by atoms with van der Waals surface area (Å²) in [5.41, 5.74) is 2.99. The van der Waals surface area contributed by atoms with Gasteiger partial charge in [-0.25, -0.2) is 4.98 Å². The first-order chi connectivity index (χ1) is 9.65. The van der Waals surface area contributed by atoms with Gasteiger partial charge in [-0.05, 0) is 19.1 Å². The summed E-state index contributed by atoms with van der Waals surface area (Å²) in [6, 6.07) is 4.44. The number of thiazole rings is 1. The van der Waals surface area contributed by atoms with E-state index < -0.39 is 0 Å². The Balaban J connectivity index is 1.68. The van der Waals surface area contributed by atoms with E-state index in [1.807, 2.05) is 24.6 Å². The first kappa shape index (κ1) is 15.2. The Morgan fingerprint density at radius 3 is 2.85 bits per heavy atom. The van der Waals surface area contributed by atoms with Gasteiger partial charge in [0.25, 0.3) is 0 Å². The van der Waals surface area contributed by atoms with Crippen molar-refractivity contribution >= 4 is 11.3 Å². The number of furan rings is 1. The lowest BCUT2D eigenvalue weighted by atomic mass is 10.3. The maximum Gasteiger partial charge on any atom is 0.129 e. The molecule has 5 heteroatoms. The van der Waals surface area contributed by atoms with Gasteiger partial charge in [-0.1, -0.05) is 13.8 Å². The fourth-order valence-corrected chi connectivity index (χ4v) is 2.57. The average molecular weight is 294 g/mol. The summed E-state index contributed by atoms with van der Waals surface area (Å²) in [6.45, 7) is 8.26. The maximum absolute atomic E-state index is 5.70. The Morgan fingerprint density at radius 1 is 1.35 bits per heavy atom. The molecule has 2 rings (SSSR count). The third-order valence-electron chi connectivity index (χ3n) is 2.96. The molecule has 0 atom stereocenters. The highest BCUT2D eigenvalue weighted by Gasteiger charge is 2.04. The normalized spacial score (nSPS) is 11.4. The zero-order chi connectivity index (χ0) is 14.4. The van der Waals surface area contributed by atoms with Gasteiger partial charge in [0.15, 0.2) is 0 Å². The summed E-state index contributed by atoms with van der Waals surface area (Å²) in [4.78, 5) is 5.53. The van der Waals surface area contributed by atoms with E-state index in [1.54, 1.807) is 11.3 Å². The van der Waals surface area contributed by atoms with Crippen molar-refractivity contribution in [3.63, 3.8) is 0 Å². The van der Waals surface area contributed by atoms with Crippen molar-refractivity contribution in [1.82, 2.24) is 10.3 Å². The highest BCUT2D eigenvalue weighted by molar-refractivity contribution is 7.09. The Labute approximate surface area is 124 Å². The zero-order valence-electron chi connectivity index (χ0n) is 12.3. The molecular weight excluding hydrogens is 272 g/mol.